The second-order valence-electron chi connectivity index (χ2n) is 5.38. The van der Waals surface area contributed by atoms with Gasteiger partial charge in [0.25, 0.3) is 0 Å². The maximum atomic E-state index is 12.9. The summed E-state index contributed by atoms with van der Waals surface area (Å²) in [5, 5.41) is 20.2. The van der Waals surface area contributed by atoms with Crippen molar-refractivity contribution in [2.45, 2.75) is 31.8 Å². The fraction of sp³-hybridized carbons (Fsp3) is 0.533. The summed E-state index contributed by atoms with van der Waals surface area (Å²) in [7, 11) is 0. The first-order chi connectivity index (χ1) is 8.99. The van der Waals surface area contributed by atoms with Gasteiger partial charge in [-0.25, -0.2) is 4.39 Å². The van der Waals surface area contributed by atoms with Crippen molar-refractivity contribution >= 4 is 0 Å². The largest absolute Gasteiger partial charge is 0.388 e. The number of nitriles is 1. The molecule has 0 spiro atoms. The Morgan fingerprint density at radius 2 is 1.95 bits per heavy atom. The number of ether oxygens (including phenoxy) is 1. The molecule has 1 unspecified atom stereocenters. The molecule has 3 nitrogen and oxygen atoms in total. The average molecular weight is 263 g/mol. The van der Waals surface area contributed by atoms with Crippen molar-refractivity contribution in [1.29, 1.82) is 5.26 Å². The molecule has 1 atom stereocenters. The normalized spacial score (nSPS) is 21.4. The van der Waals surface area contributed by atoms with Crippen LogP contribution in [0.5, 0.6) is 0 Å². The predicted octanol–water partition coefficient (Wildman–Crippen LogP) is 2.44. The highest BCUT2D eigenvalue weighted by atomic mass is 19.1. The number of hydrogen-bond acceptors (Lipinski definition) is 3. The van der Waals surface area contributed by atoms with Gasteiger partial charge in [-0.3, -0.25) is 0 Å². The number of rotatable bonds is 3. The van der Waals surface area contributed by atoms with Gasteiger partial charge in [0.2, 0.25) is 0 Å². The van der Waals surface area contributed by atoms with Crippen molar-refractivity contribution in [2.75, 3.05) is 13.2 Å². The van der Waals surface area contributed by atoms with Gasteiger partial charge >= 0.3 is 0 Å². The monoisotopic (exact) mass is 263 g/mol. The Bertz CT molecular complexity index is 470. The summed E-state index contributed by atoms with van der Waals surface area (Å²) in [5.41, 5.74) is -1.12. The van der Waals surface area contributed by atoms with Crippen LogP contribution in [-0.2, 0) is 11.2 Å². The van der Waals surface area contributed by atoms with Crippen LogP contribution in [0.4, 0.5) is 4.39 Å². The van der Waals surface area contributed by atoms with Crippen LogP contribution in [0, 0.1) is 22.6 Å². The second-order valence-corrected chi connectivity index (χ2v) is 5.38. The minimum Gasteiger partial charge on any atom is -0.388 e. The van der Waals surface area contributed by atoms with Crippen molar-refractivity contribution in [3.63, 3.8) is 0 Å². The van der Waals surface area contributed by atoms with Gasteiger partial charge in [-0.1, -0.05) is 12.1 Å². The molecule has 1 aliphatic rings. The smallest absolute Gasteiger partial charge is 0.123 e. The maximum Gasteiger partial charge on any atom is 0.123 e. The van der Waals surface area contributed by atoms with Crippen LogP contribution in [0.25, 0.3) is 0 Å². The van der Waals surface area contributed by atoms with E-state index in [-0.39, 0.29) is 5.82 Å². The van der Waals surface area contributed by atoms with E-state index in [0.717, 1.165) is 5.56 Å². The third-order valence-electron chi connectivity index (χ3n) is 4.05. The molecule has 2 rings (SSSR count). The third-order valence-corrected chi connectivity index (χ3v) is 4.05. The van der Waals surface area contributed by atoms with Crippen molar-refractivity contribution in [1.82, 2.24) is 0 Å². The van der Waals surface area contributed by atoms with Gasteiger partial charge in [0.15, 0.2) is 0 Å². The number of benzene rings is 1. The highest BCUT2D eigenvalue weighted by Crippen LogP contribution is 2.42. The summed E-state index contributed by atoms with van der Waals surface area (Å²) in [6.45, 7) is 2.67. The van der Waals surface area contributed by atoms with Crippen LogP contribution in [0.15, 0.2) is 24.3 Å². The molecule has 1 fully saturated rings. The minimum absolute atomic E-state index is 0.301. The van der Waals surface area contributed by atoms with Gasteiger partial charge in [-0.05, 0) is 37.5 Å². The standard InChI is InChI=1S/C15H18FNO2/c1-14(18,10-12-2-4-13(16)5-3-12)15(11-17)6-8-19-9-7-15/h2-5,18H,6-10H2,1H3. The van der Waals surface area contributed by atoms with Crippen molar-refractivity contribution in [2.24, 2.45) is 5.41 Å². The van der Waals surface area contributed by atoms with Crippen molar-refractivity contribution < 1.29 is 14.2 Å². The lowest BCUT2D eigenvalue weighted by atomic mass is 9.66. The first-order valence-corrected chi connectivity index (χ1v) is 6.45. The Labute approximate surface area is 112 Å². The third kappa shape index (κ3) is 2.78. The van der Waals surface area contributed by atoms with E-state index in [4.69, 9.17) is 4.74 Å². The Morgan fingerprint density at radius 1 is 1.37 bits per heavy atom. The first-order valence-electron chi connectivity index (χ1n) is 6.45. The summed E-state index contributed by atoms with van der Waals surface area (Å²) in [6, 6.07) is 8.32. The van der Waals surface area contributed by atoms with Crippen LogP contribution < -0.4 is 0 Å². The fourth-order valence-corrected chi connectivity index (χ4v) is 2.66. The van der Waals surface area contributed by atoms with E-state index in [2.05, 4.69) is 6.07 Å². The lowest BCUT2D eigenvalue weighted by Crippen LogP contribution is -2.50. The lowest BCUT2D eigenvalue weighted by molar-refractivity contribution is -0.0917. The molecule has 1 N–H and O–H groups in total. The molecule has 1 heterocycles. The second kappa shape index (κ2) is 5.28. The molecular formula is C15H18FNO2. The van der Waals surface area contributed by atoms with Crippen LogP contribution >= 0.6 is 0 Å². The van der Waals surface area contributed by atoms with Gasteiger partial charge in [-0.15, -0.1) is 0 Å². The molecule has 19 heavy (non-hydrogen) atoms. The zero-order valence-electron chi connectivity index (χ0n) is 11.0. The van der Waals surface area contributed by atoms with Gasteiger partial charge in [-0.2, -0.15) is 5.26 Å². The summed E-state index contributed by atoms with van der Waals surface area (Å²) < 4.78 is 18.2. The molecule has 1 aliphatic heterocycles. The number of aliphatic hydroxyl groups is 1. The molecule has 0 bridgehead atoms. The molecule has 0 saturated carbocycles. The van der Waals surface area contributed by atoms with E-state index in [1.165, 1.54) is 12.1 Å². The van der Waals surface area contributed by atoms with Gasteiger partial charge in [0.1, 0.15) is 5.82 Å². The van der Waals surface area contributed by atoms with Crippen LogP contribution in [0.1, 0.15) is 25.3 Å². The Morgan fingerprint density at radius 3 is 2.47 bits per heavy atom. The molecule has 102 valence electrons. The van der Waals surface area contributed by atoms with E-state index >= 15 is 0 Å². The summed E-state index contributed by atoms with van der Waals surface area (Å²) in [6.07, 6.45) is 1.39. The van der Waals surface area contributed by atoms with E-state index < -0.39 is 11.0 Å². The highest BCUT2D eigenvalue weighted by Gasteiger charge is 2.48. The summed E-state index contributed by atoms with van der Waals surface area (Å²) in [5.74, 6) is -0.301. The SMILES string of the molecule is CC(O)(Cc1ccc(F)cc1)C1(C#N)CCOCC1. The minimum atomic E-state index is -1.15. The number of hydrogen-bond donors (Lipinski definition) is 1. The molecule has 1 aromatic carbocycles. The molecule has 0 radical (unpaired) electrons. The highest BCUT2D eigenvalue weighted by molar-refractivity contribution is 5.22. The van der Waals surface area contributed by atoms with E-state index in [1.54, 1.807) is 19.1 Å². The Kier molecular flexibility index (Phi) is 3.88. The van der Waals surface area contributed by atoms with Gasteiger partial charge < -0.3 is 9.84 Å². The van der Waals surface area contributed by atoms with E-state index in [1.807, 2.05) is 0 Å². The fourth-order valence-electron chi connectivity index (χ4n) is 2.66. The molecule has 0 amide bonds. The molecule has 0 aromatic heterocycles. The Hall–Kier alpha value is -1.44. The predicted molar refractivity (Wildman–Crippen MR) is 68.8 cm³/mol. The van der Waals surface area contributed by atoms with Crippen LogP contribution in [0.2, 0.25) is 0 Å². The molecule has 1 saturated heterocycles. The lowest BCUT2D eigenvalue weighted by Gasteiger charge is -2.42. The molecule has 4 heteroatoms. The van der Waals surface area contributed by atoms with Gasteiger partial charge in [0.05, 0.1) is 17.1 Å². The Balaban J connectivity index is 2.20. The topological polar surface area (TPSA) is 53.2 Å². The van der Waals surface area contributed by atoms with E-state index in [9.17, 15) is 14.8 Å². The van der Waals surface area contributed by atoms with E-state index in [0.29, 0.717) is 32.5 Å². The zero-order valence-corrected chi connectivity index (χ0v) is 11.0. The molecule has 0 aliphatic carbocycles. The average Bonchev–Trinajstić information content (AvgIpc) is 2.42. The first kappa shape index (κ1) is 14.0. The number of nitrogens with zero attached hydrogens (tertiary/aromatic N) is 1. The van der Waals surface area contributed by atoms with Crippen molar-refractivity contribution in [3.8, 4) is 6.07 Å². The van der Waals surface area contributed by atoms with Crippen LogP contribution in [-0.4, -0.2) is 23.9 Å². The van der Waals surface area contributed by atoms with Crippen molar-refractivity contribution in [3.05, 3.63) is 35.6 Å². The maximum absolute atomic E-state index is 12.9. The molecule has 1 aromatic rings. The number of halogens is 1. The summed E-state index contributed by atoms with van der Waals surface area (Å²) >= 11 is 0. The summed E-state index contributed by atoms with van der Waals surface area (Å²) in [4.78, 5) is 0. The van der Waals surface area contributed by atoms with Gasteiger partial charge in [0, 0.05) is 19.6 Å². The van der Waals surface area contributed by atoms with Crippen LogP contribution in [0.3, 0.4) is 0 Å². The molecular weight excluding hydrogens is 245 g/mol. The quantitative estimate of drug-likeness (QED) is 0.911. The zero-order chi connectivity index (χ0) is 13.9.